The molecule has 0 saturated carbocycles. The molecule has 4 heteroatoms. The van der Waals surface area contributed by atoms with E-state index < -0.39 is 0 Å². The van der Waals surface area contributed by atoms with Crippen molar-refractivity contribution >= 4 is 46.4 Å². The summed E-state index contributed by atoms with van der Waals surface area (Å²) >= 11 is 0. The molecule has 38 heavy (non-hydrogen) atoms. The highest BCUT2D eigenvalue weighted by Gasteiger charge is 2.14. The molecule has 5 heterocycles. The average molecular weight is 491 g/mol. The van der Waals surface area contributed by atoms with Crippen LogP contribution in [0.2, 0.25) is 0 Å². The number of aromatic amines is 2. The first kappa shape index (κ1) is 22.3. The first-order chi connectivity index (χ1) is 18.6. The zero-order valence-electron chi connectivity index (χ0n) is 21.3. The van der Waals surface area contributed by atoms with Crippen molar-refractivity contribution in [2.75, 3.05) is 0 Å². The van der Waals surface area contributed by atoms with Crippen LogP contribution in [0.15, 0.2) is 84.9 Å². The lowest BCUT2D eigenvalue weighted by Crippen LogP contribution is -1.89. The maximum absolute atomic E-state index is 5.01. The topological polar surface area (TPSA) is 57.4 Å². The van der Waals surface area contributed by atoms with Gasteiger partial charge in [0.2, 0.25) is 0 Å². The number of H-pyrrole nitrogens is 2. The van der Waals surface area contributed by atoms with Crippen LogP contribution in [0.25, 0.3) is 68.6 Å². The zero-order chi connectivity index (χ0) is 25.6. The van der Waals surface area contributed by atoms with E-state index in [0.29, 0.717) is 0 Å². The summed E-state index contributed by atoms with van der Waals surface area (Å²) < 4.78 is 0. The number of aromatic nitrogens is 4. The van der Waals surface area contributed by atoms with Crippen molar-refractivity contribution in [2.24, 2.45) is 0 Å². The Balaban J connectivity index is 1.56. The molecule has 182 valence electrons. The summed E-state index contributed by atoms with van der Waals surface area (Å²) in [5, 5.41) is 0. The highest BCUT2D eigenvalue weighted by molar-refractivity contribution is 5.94. The maximum atomic E-state index is 5.01. The zero-order valence-corrected chi connectivity index (χ0v) is 21.3. The number of aryl methyl sites for hydroxylation is 2. The third kappa shape index (κ3) is 4.06. The molecule has 0 unspecified atom stereocenters. The molecular formula is C34H26N4. The van der Waals surface area contributed by atoms with Crippen LogP contribution in [-0.2, 0) is 0 Å². The molecule has 2 aliphatic rings. The van der Waals surface area contributed by atoms with E-state index in [4.69, 9.17) is 9.97 Å². The Morgan fingerprint density at radius 3 is 1.39 bits per heavy atom. The second-order valence-corrected chi connectivity index (χ2v) is 9.94. The number of nitrogens with zero attached hydrogens (tertiary/aromatic N) is 2. The lowest BCUT2D eigenvalue weighted by atomic mass is 10.0. The summed E-state index contributed by atoms with van der Waals surface area (Å²) in [6.45, 7) is 4.22. The molecule has 4 nitrogen and oxygen atoms in total. The van der Waals surface area contributed by atoms with Gasteiger partial charge in [0.1, 0.15) is 0 Å². The highest BCUT2D eigenvalue weighted by Crippen LogP contribution is 2.32. The standard InChI is InChI=1S/C34H26N4/c1-21-3-7-23(8-4-21)33-29-15-11-25(35-29)19-27-13-17-31(37-27)34(24-9-5-22(2)6-10-24)32-18-14-28(38-32)20-26-12-16-30(33)36-26/h3-20,35-36H,1-2H3. The van der Waals surface area contributed by atoms with Gasteiger partial charge in [0.05, 0.1) is 22.8 Å². The van der Waals surface area contributed by atoms with E-state index in [1.807, 2.05) is 0 Å². The lowest BCUT2D eigenvalue weighted by molar-refractivity contribution is 1.27. The Kier molecular flexibility index (Phi) is 5.19. The van der Waals surface area contributed by atoms with Crippen molar-refractivity contribution in [3.8, 4) is 22.3 Å². The van der Waals surface area contributed by atoms with Crippen molar-refractivity contribution in [2.45, 2.75) is 13.8 Å². The molecule has 3 aromatic heterocycles. The van der Waals surface area contributed by atoms with Gasteiger partial charge in [-0.2, -0.15) is 0 Å². The summed E-state index contributed by atoms with van der Waals surface area (Å²) in [6, 6.07) is 29.9. The third-order valence-electron chi connectivity index (χ3n) is 7.08. The Labute approximate surface area is 221 Å². The first-order valence-corrected chi connectivity index (χ1v) is 12.8. The normalized spacial score (nSPS) is 12.3. The van der Waals surface area contributed by atoms with Crippen molar-refractivity contribution in [3.05, 3.63) is 119 Å². The molecular weight excluding hydrogens is 464 g/mol. The third-order valence-corrected chi connectivity index (χ3v) is 7.08. The van der Waals surface area contributed by atoms with Crippen LogP contribution in [0.3, 0.4) is 0 Å². The summed E-state index contributed by atoms with van der Waals surface area (Å²) in [5.41, 5.74) is 14.6. The first-order valence-electron chi connectivity index (χ1n) is 12.8. The van der Waals surface area contributed by atoms with Gasteiger partial charge in [-0.3, -0.25) is 0 Å². The van der Waals surface area contributed by atoms with Gasteiger partial charge in [-0.05, 0) is 85.7 Å². The van der Waals surface area contributed by atoms with Gasteiger partial charge in [-0.1, -0.05) is 59.7 Å². The fraction of sp³-hybridized carbons (Fsp3) is 0.0588. The molecule has 0 spiro atoms. The van der Waals surface area contributed by atoms with E-state index in [9.17, 15) is 0 Å². The lowest BCUT2D eigenvalue weighted by Gasteiger charge is -2.05. The fourth-order valence-corrected chi connectivity index (χ4v) is 5.12. The molecule has 2 aliphatic heterocycles. The van der Waals surface area contributed by atoms with Crippen molar-refractivity contribution in [1.29, 1.82) is 0 Å². The molecule has 8 bridgehead atoms. The summed E-state index contributed by atoms with van der Waals surface area (Å²) in [7, 11) is 0. The number of fused-ring (bicyclic) bond motifs is 8. The number of benzene rings is 2. The Morgan fingerprint density at radius 2 is 0.921 bits per heavy atom. The monoisotopic (exact) mass is 490 g/mol. The molecule has 0 aliphatic carbocycles. The van der Waals surface area contributed by atoms with Crippen molar-refractivity contribution in [1.82, 2.24) is 19.9 Å². The van der Waals surface area contributed by atoms with E-state index in [0.717, 1.165) is 67.1 Å². The van der Waals surface area contributed by atoms with Gasteiger partial charge in [0, 0.05) is 33.2 Å². The molecule has 2 aromatic carbocycles. The summed E-state index contributed by atoms with van der Waals surface area (Å²) in [6.07, 6.45) is 8.31. The van der Waals surface area contributed by atoms with Gasteiger partial charge >= 0.3 is 0 Å². The minimum absolute atomic E-state index is 0.905. The van der Waals surface area contributed by atoms with Gasteiger partial charge in [0.25, 0.3) is 0 Å². The Morgan fingerprint density at radius 1 is 0.474 bits per heavy atom. The number of nitrogens with one attached hydrogen (secondary N) is 2. The van der Waals surface area contributed by atoms with Gasteiger partial charge in [-0.15, -0.1) is 0 Å². The largest absolute Gasteiger partial charge is 0.355 e. The second-order valence-electron chi connectivity index (χ2n) is 9.94. The molecule has 0 atom stereocenters. The van der Waals surface area contributed by atoms with E-state index >= 15 is 0 Å². The van der Waals surface area contributed by atoms with Crippen LogP contribution < -0.4 is 0 Å². The Hall–Kier alpha value is -4.96. The van der Waals surface area contributed by atoms with E-state index in [2.05, 4.69) is 133 Å². The molecule has 0 radical (unpaired) electrons. The Bertz CT molecular complexity index is 1820. The van der Waals surface area contributed by atoms with Crippen LogP contribution in [0.4, 0.5) is 0 Å². The van der Waals surface area contributed by atoms with E-state index in [-0.39, 0.29) is 0 Å². The minimum Gasteiger partial charge on any atom is -0.355 e. The quantitative estimate of drug-likeness (QED) is 0.255. The molecule has 2 N–H and O–H groups in total. The molecule has 0 fully saturated rings. The van der Waals surface area contributed by atoms with Crippen LogP contribution >= 0.6 is 0 Å². The molecule has 7 rings (SSSR count). The fourth-order valence-electron chi connectivity index (χ4n) is 5.12. The van der Waals surface area contributed by atoms with Crippen LogP contribution in [0, 0.1) is 13.8 Å². The molecule has 5 aromatic rings. The average Bonchev–Trinajstić information content (AvgIpc) is 3.72. The van der Waals surface area contributed by atoms with E-state index in [1.165, 1.54) is 11.1 Å². The van der Waals surface area contributed by atoms with Gasteiger partial charge in [0.15, 0.2) is 0 Å². The van der Waals surface area contributed by atoms with E-state index in [1.54, 1.807) is 0 Å². The number of hydrogen-bond acceptors (Lipinski definition) is 2. The SMILES string of the molecule is Cc1ccc(-c2c3nc(cc4ccc([nH]4)c(-c4ccc(C)cc4)c4ccc(cc5nc2C=C5)[nH]4)C=C3)cc1. The predicted octanol–water partition coefficient (Wildman–Crippen LogP) is 8.61. The molecule has 0 amide bonds. The van der Waals surface area contributed by atoms with Crippen LogP contribution in [0.1, 0.15) is 33.9 Å². The van der Waals surface area contributed by atoms with Gasteiger partial charge in [-0.25, -0.2) is 9.97 Å². The van der Waals surface area contributed by atoms with Crippen molar-refractivity contribution < 1.29 is 0 Å². The van der Waals surface area contributed by atoms with Crippen molar-refractivity contribution in [3.63, 3.8) is 0 Å². The van der Waals surface area contributed by atoms with Crippen LogP contribution in [-0.4, -0.2) is 19.9 Å². The highest BCUT2D eigenvalue weighted by atomic mass is 14.8. The summed E-state index contributed by atoms with van der Waals surface area (Å²) in [4.78, 5) is 17.3. The smallest absolute Gasteiger partial charge is 0.0737 e. The summed E-state index contributed by atoms with van der Waals surface area (Å²) in [5.74, 6) is 0. The predicted molar refractivity (Wildman–Crippen MR) is 159 cm³/mol. The van der Waals surface area contributed by atoms with Gasteiger partial charge < -0.3 is 9.97 Å². The van der Waals surface area contributed by atoms with Crippen LogP contribution in [0.5, 0.6) is 0 Å². The number of hydrogen-bond donors (Lipinski definition) is 2. The number of rotatable bonds is 2. The molecule has 0 saturated heterocycles. The maximum Gasteiger partial charge on any atom is 0.0737 e. The minimum atomic E-state index is 0.905. The second kappa shape index (κ2) is 8.86.